The van der Waals surface area contributed by atoms with E-state index in [9.17, 15) is 4.79 Å². The summed E-state index contributed by atoms with van der Waals surface area (Å²) >= 11 is 0. The molecule has 0 spiro atoms. The van der Waals surface area contributed by atoms with Crippen molar-refractivity contribution in [3.8, 4) is 0 Å². The number of carboxylic acids is 1. The van der Waals surface area contributed by atoms with Crippen LogP contribution in [0.3, 0.4) is 0 Å². The van der Waals surface area contributed by atoms with Crippen molar-refractivity contribution in [2.45, 2.75) is 6.61 Å². The standard InChI is InChI=1S/C7H6O2.C7H8O.Ag/c8-7(9)6-4-2-1-3-5-6;8-6-7-4-2-1-3-5-7;/h1-5H,(H,8,9);1-5,8H,6H2;. The van der Waals surface area contributed by atoms with Crippen molar-refractivity contribution in [2.24, 2.45) is 0 Å². The maximum Gasteiger partial charge on any atom is 0.335 e. The van der Waals surface area contributed by atoms with E-state index in [0.717, 1.165) is 5.56 Å². The molecule has 2 aromatic carbocycles. The molecular weight excluding hydrogens is 324 g/mol. The van der Waals surface area contributed by atoms with Crippen LogP contribution in [0.4, 0.5) is 0 Å². The van der Waals surface area contributed by atoms with Gasteiger partial charge >= 0.3 is 5.97 Å². The van der Waals surface area contributed by atoms with Crippen LogP contribution in [0, 0.1) is 0 Å². The van der Waals surface area contributed by atoms with Gasteiger partial charge in [0, 0.05) is 22.4 Å². The summed E-state index contributed by atoms with van der Waals surface area (Å²) in [7, 11) is 0. The molecule has 0 heterocycles. The Labute approximate surface area is 122 Å². The van der Waals surface area contributed by atoms with E-state index >= 15 is 0 Å². The fraction of sp³-hybridized carbons (Fsp3) is 0.0714. The first-order chi connectivity index (χ1) is 8.24. The van der Waals surface area contributed by atoms with Crippen molar-refractivity contribution < 1.29 is 37.4 Å². The fourth-order valence-corrected chi connectivity index (χ4v) is 1.16. The Morgan fingerprint density at radius 2 is 1.33 bits per heavy atom. The van der Waals surface area contributed by atoms with Crippen LogP contribution in [-0.2, 0) is 29.0 Å². The second-order valence-corrected chi connectivity index (χ2v) is 3.31. The van der Waals surface area contributed by atoms with Gasteiger partial charge < -0.3 is 10.2 Å². The van der Waals surface area contributed by atoms with Crippen LogP contribution in [0.25, 0.3) is 0 Å². The second-order valence-electron chi connectivity index (χ2n) is 3.31. The monoisotopic (exact) mass is 337 g/mol. The van der Waals surface area contributed by atoms with Crippen LogP contribution in [0.15, 0.2) is 60.7 Å². The Balaban J connectivity index is 0.000000306. The Hall–Kier alpha value is -1.39. The molecule has 99 valence electrons. The van der Waals surface area contributed by atoms with Gasteiger partial charge in [0.15, 0.2) is 0 Å². The Kier molecular flexibility index (Phi) is 8.88. The average molecular weight is 338 g/mol. The number of aliphatic hydroxyl groups is 1. The van der Waals surface area contributed by atoms with E-state index in [1.807, 2.05) is 30.3 Å². The predicted molar refractivity (Wildman–Crippen MR) is 65.8 cm³/mol. The minimum atomic E-state index is -0.879. The maximum atomic E-state index is 10.2. The van der Waals surface area contributed by atoms with Crippen LogP contribution in [0.1, 0.15) is 15.9 Å². The molecule has 0 unspecified atom stereocenters. The quantitative estimate of drug-likeness (QED) is 0.828. The molecule has 4 heteroatoms. The van der Waals surface area contributed by atoms with Gasteiger partial charge in [-0.2, -0.15) is 0 Å². The average Bonchev–Trinajstić information content (AvgIpc) is 2.41. The molecule has 0 amide bonds. The Morgan fingerprint density at radius 1 is 0.889 bits per heavy atom. The molecule has 2 N–H and O–H groups in total. The minimum absolute atomic E-state index is 0. The van der Waals surface area contributed by atoms with Crippen LogP contribution in [-0.4, -0.2) is 16.2 Å². The van der Waals surface area contributed by atoms with Crippen molar-refractivity contribution in [1.29, 1.82) is 0 Å². The van der Waals surface area contributed by atoms with Crippen LogP contribution >= 0.6 is 0 Å². The zero-order chi connectivity index (χ0) is 12.5. The molecule has 0 bridgehead atoms. The molecule has 3 nitrogen and oxygen atoms in total. The zero-order valence-electron chi connectivity index (χ0n) is 9.58. The summed E-state index contributed by atoms with van der Waals surface area (Å²) < 4.78 is 0. The third kappa shape index (κ3) is 6.37. The third-order valence-electron chi connectivity index (χ3n) is 2.05. The zero-order valence-corrected chi connectivity index (χ0v) is 11.1. The molecule has 0 saturated carbocycles. The van der Waals surface area contributed by atoms with Gasteiger partial charge in [-0.1, -0.05) is 48.5 Å². The molecule has 2 rings (SSSR count). The van der Waals surface area contributed by atoms with Gasteiger partial charge in [-0.3, -0.25) is 0 Å². The van der Waals surface area contributed by atoms with Crippen molar-refractivity contribution in [2.75, 3.05) is 0 Å². The summed E-state index contributed by atoms with van der Waals surface area (Å²) in [5.74, 6) is -0.879. The predicted octanol–water partition coefficient (Wildman–Crippen LogP) is 2.56. The molecule has 2 aromatic rings. The van der Waals surface area contributed by atoms with E-state index in [-0.39, 0.29) is 29.0 Å². The first kappa shape index (κ1) is 16.6. The van der Waals surface area contributed by atoms with E-state index < -0.39 is 5.97 Å². The molecule has 18 heavy (non-hydrogen) atoms. The Morgan fingerprint density at radius 3 is 1.61 bits per heavy atom. The van der Waals surface area contributed by atoms with Crippen LogP contribution in [0.5, 0.6) is 0 Å². The van der Waals surface area contributed by atoms with E-state index in [0.29, 0.717) is 5.56 Å². The number of hydrogen-bond acceptors (Lipinski definition) is 2. The molecule has 0 aliphatic heterocycles. The summed E-state index contributed by atoms with van der Waals surface area (Å²) in [5.41, 5.74) is 1.30. The smallest absolute Gasteiger partial charge is 0.335 e. The number of hydrogen-bond donors (Lipinski definition) is 2. The molecule has 0 aromatic heterocycles. The summed E-state index contributed by atoms with van der Waals surface area (Å²) in [6.07, 6.45) is 0. The molecule has 0 atom stereocenters. The van der Waals surface area contributed by atoms with Crippen LogP contribution in [0.2, 0.25) is 0 Å². The first-order valence-corrected chi connectivity index (χ1v) is 5.17. The molecule has 0 aliphatic carbocycles. The molecule has 0 fully saturated rings. The third-order valence-corrected chi connectivity index (χ3v) is 2.05. The summed E-state index contributed by atoms with van der Waals surface area (Å²) in [5, 5.41) is 16.9. The number of carboxylic acid groups (broad SMARTS) is 1. The number of aliphatic hydroxyl groups excluding tert-OH is 1. The summed E-state index contributed by atoms with van der Waals surface area (Å²) in [6, 6.07) is 17.8. The van der Waals surface area contributed by atoms with Gasteiger partial charge in [-0.25, -0.2) is 4.79 Å². The topological polar surface area (TPSA) is 57.5 Å². The van der Waals surface area contributed by atoms with E-state index in [1.54, 1.807) is 30.3 Å². The van der Waals surface area contributed by atoms with Crippen molar-refractivity contribution in [3.05, 3.63) is 71.8 Å². The Bertz CT molecular complexity index is 443. The van der Waals surface area contributed by atoms with Gasteiger partial charge in [0.2, 0.25) is 0 Å². The molecular formula is C14H14AgO3. The van der Waals surface area contributed by atoms with Gasteiger partial charge in [-0.05, 0) is 17.7 Å². The minimum Gasteiger partial charge on any atom is -0.478 e. The van der Waals surface area contributed by atoms with E-state index in [1.165, 1.54) is 0 Å². The summed E-state index contributed by atoms with van der Waals surface area (Å²) in [4.78, 5) is 10.2. The number of rotatable bonds is 2. The normalized spacial score (nSPS) is 8.50. The maximum absolute atomic E-state index is 10.2. The number of carbonyl (C=O) groups is 1. The second kappa shape index (κ2) is 9.62. The molecule has 1 radical (unpaired) electrons. The number of aromatic carboxylic acids is 1. The molecule has 0 aliphatic rings. The molecule has 0 saturated heterocycles. The van der Waals surface area contributed by atoms with Gasteiger partial charge in [-0.15, -0.1) is 0 Å². The van der Waals surface area contributed by atoms with Crippen LogP contribution < -0.4 is 0 Å². The fourth-order valence-electron chi connectivity index (χ4n) is 1.16. The van der Waals surface area contributed by atoms with E-state index in [2.05, 4.69) is 0 Å². The van der Waals surface area contributed by atoms with Crippen molar-refractivity contribution in [1.82, 2.24) is 0 Å². The van der Waals surface area contributed by atoms with Crippen molar-refractivity contribution >= 4 is 5.97 Å². The SMILES string of the molecule is O=C(O)c1ccccc1.OCc1ccccc1.[Ag]. The van der Waals surface area contributed by atoms with Gasteiger partial charge in [0.05, 0.1) is 12.2 Å². The largest absolute Gasteiger partial charge is 0.478 e. The van der Waals surface area contributed by atoms with Crippen molar-refractivity contribution in [3.63, 3.8) is 0 Å². The number of benzene rings is 2. The van der Waals surface area contributed by atoms with Gasteiger partial charge in [0.25, 0.3) is 0 Å². The van der Waals surface area contributed by atoms with Gasteiger partial charge in [0.1, 0.15) is 0 Å². The van der Waals surface area contributed by atoms with E-state index in [4.69, 9.17) is 10.2 Å². The first-order valence-electron chi connectivity index (χ1n) is 5.17. The summed E-state index contributed by atoms with van der Waals surface area (Å²) in [6.45, 7) is 0.140.